The van der Waals surface area contributed by atoms with Gasteiger partial charge in [-0.25, -0.2) is 4.79 Å². The number of ether oxygens (including phenoxy) is 2. The number of rotatable bonds is 13. The summed E-state index contributed by atoms with van der Waals surface area (Å²) in [4.78, 5) is 28.7. The SMILES string of the molecule is CCCOc1ccc(-c2ccc(OCCN(C)C)c(C=C3SC(=S)N(CCc4ccc(C(=O)O)cc4)C3=O)c2)cc1Cl. The minimum atomic E-state index is -0.973. The average Bonchev–Trinajstić information content (AvgIpc) is 3.23. The van der Waals surface area contributed by atoms with E-state index in [9.17, 15) is 9.59 Å². The molecule has 1 N–H and O–H groups in total. The lowest BCUT2D eigenvalue weighted by Gasteiger charge is -2.15. The Bertz CT molecular complexity index is 1490. The van der Waals surface area contributed by atoms with Crippen molar-refractivity contribution in [2.75, 3.05) is 40.4 Å². The van der Waals surface area contributed by atoms with Crippen LogP contribution in [0.5, 0.6) is 11.5 Å². The number of likely N-dealkylation sites (N-methyl/N-ethyl adjacent to an activating group) is 1. The highest BCUT2D eigenvalue weighted by Crippen LogP contribution is 2.37. The zero-order chi connectivity index (χ0) is 30.2. The normalized spacial score (nSPS) is 14.2. The summed E-state index contributed by atoms with van der Waals surface area (Å²) in [6.07, 6.45) is 3.27. The highest BCUT2D eigenvalue weighted by atomic mass is 35.5. The van der Waals surface area contributed by atoms with Crippen molar-refractivity contribution in [3.63, 3.8) is 0 Å². The minimum Gasteiger partial charge on any atom is -0.492 e. The summed E-state index contributed by atoms with van der Waals surface area (Å²) in [6, 6.07) is 18.2. The van der Waals surface area contributed by atoms with E-state index < -0.39 is 5.97 Å². The number of carbonyl (C=O) groups is 2. The molecule has 1 amide bonds. The fraction of sp³-hybridized carbons (Fsp3) is 0.281. The number of thioether (sulfide) groups is 1. The lowest BCUT2D eigenvalue weighted by Crippen LogP contribution is -2.30. The molecule has 0 radical (unpaired) electrons. The maximum Gasteiger partial charge on any atom is 0.335 e. The maximum absolute atomic E-state index is 13.4. The minimum absolute atomic E-state index is 0.169. The Balaban J connectivity index is 1.57. The molecule has 0 bridgehead atoms. The second-order valence-electron chi connectivity index (χ2n) is 9.98. The first-order valence-corrected chi connectivity index (χ1v) is 15.2. The van der Waals surface area contributed by atoms with Crippen molar-refractivity contribution in [3.05, 3.63) is 87.3 Å². The van der Waals surface area contributed by atoms with Gasteiger partial charge in [0.05, 0.1) is 22.1 Å². The highest BCUT2D eigenvalue weighted by Gasteiger charge is 2.32. The summed E-state index contributed by atoms with van der Waals surface area (Å²) in [5.41, 5.74) is 3.75. The predicted octanol–water partition coefficient (Wildman–Crippen LogP) is 6.88. The monoisotopic (exact) mass is 624 g/mol. The summed E-state index contributed by atoms with van der Waals surface area (Å²) in [5.74, 6) is 0.169. The smallest absolute Gasteiger partial charge is 0.335 e. The van der Waals surface area contributed by atoms with E-state index in [2.05, 4.69) is 0 Å². The third kappa shape index (κ3) is 8.13. The summed E-state index contributed by atoms with van der Waals surface area (Å²) < 4.78 is 12.3. The quantitative estimate of drug-likeness (QED) is 0.163. The highest BCUT2D eigenvalue weighted by molar-refractivity contribution is 8.26. The predicted molar refractivity (Wildman–Crippen MR) is 174 cm³/mol. The van der Waals surface area contributed by atoms with E-state index in [1.807, 2.05) is 68.4 Å². The third-order valence-corrected chi connectivity index (χ3v) is 8.19. The first-order valence-electron chi connectivity index (χ1n) is 13.6. The lowest BCUT2D eigenvalue weighted by molar-refractivity contribution is -0.122. The lowest BCUT2D eigenvalue weighted by atomic mass is 10.0. The molecule has 1 saturated heterocycles. The van der Waals surface area contributed by atoms with Crippen molar-refractivity contribution in [2.45, 2.75) is 19.8 Å². The van der Waals surface area contributed by atoms with Crippen molar-refractivity contribution in [3.8, 4) is 22.6 Å². The molecule has 3 aromatic rings. The van der Waals surface area contributed by atoms with Crippen molar-refractivity contribution in [1.29, 1.82) is 0 Å². The van der Waals surface area contributed by atoms with Crippen LogP contribution in [0.2, 0.25) is 5.02 Å². The molecule has 1 aliphatic rings. The fourth-order valence-corrected chi connectivity index (χ4v) is 5.74. The number of nitrogens with zero attached hydrogens (tertiary/aromatic N) is 2. The van der Waals surface area contributed by atoms with Crippen LogP contribution in [0.25, 0.3) is 17.2 Å². The molecule has 3 aromatic carbocycles. The molecule has 7 nitrogen and oxygen atoms in total. The maximum atomic E-state index is 13.4. The number of benzene rings is 3. The summed E-state index contributed by atoms with van der Waals surface area (Å²) in [6.45, 7) is 4.26. The van der Waals surface area contributed by atoms with Crippen molar-refractivity contribution in [2.24, 2.45) is 0 Å². The van der Waals surface area contributed by atoms with Gasteiger partial charge in [0.15, 0.2) is 0 Å². The molecule has 0 saturated carbocycles. The molecule has 220 valence electrons. The molecule has 10 heteroatoms. The van der Waals surface area contributed by atoms with Crippen LogP contribution in [0, 0.1) is 0 Å². The van der Waals surface area contributed by atoms with E-state index in [0.717, 1.165) is 35.2 Å². The molecular weight excluding hydrogens is 592 g/mol. The Morgan fingerprint density at radius 1 is 1.02 bits per heavy atom. The molecule has 1 fully saturated rings. The number of carbonyl (C=O) groups excluding carboxylic acids is 1. The second-order valence-corrected chi connectivity index (χ2v) is 12.1. The Labute approximate surface area is 261 Å². The first kappa shape index (κ1) is 31.6. The molecular formula is C32H33ClN2O5S2. The molecule has 1 heterocycles. The number of carboxylic acids is 1. The van der Waals surface area contributed by atoms with E-state index in [1.54, 1.807) is 29.2 Å². The number of hydrogen-bond acceptors (Lipinski definition) is 7. The van der Waals surface area contributed by atoms with Crippen LogP contribution >= 0.6 is 35.6 Å². The van der Waals surface area contributed by atoms with E-state index >= 15 is 0 Å². The molecule has 4 rings (SSSR count). The number of halogens is 1. The molecule has 0 aliphatic carbocycles. The van der Waals surface area contributed by atoms with Crippen LogP contribution in [0.3, 0.4) is 0 Å². The van der Waals surface area contributed by atoms with Crippen molar-refractivity contribution < 1.29 is 24.2 Å². The van der Waals surface area contributed by atoms with Gasteiger partial charge < -0.3 is 19.5 Å². The van der Waals surface area contributed by atoms with E-state index in [1.165, 1.54) is 11.8 Å². The number of carboxylic acid groups (broad SMARTS) is 1. The second kappa shape index (κ2) is 14.7. The molecule has 0 aromatic heterocycles. The average molecular weight is 625 g/mol. The van der Waals surface area contributed by atoms with Crippen LogP contribution in [0.4, 0.5) is 0 Å². The Morgan fingerprint density at radius 2 is 1.69 bits per heavy atom. The van der Waals surface area contributed by atoms with Gasteiger partial charge in [0.25, 0.3) is 5.91 Å². The van der Waals surface area contributed by atoms with E-state index in [-0.39, 0.29) is 11.5 Å². The third-order valence-electron chi connectivity index (χ3n) is 6.52. The topological polar surface area (TPSA) is 79.3 Å². The number of amides is 1. The Morgan fingerprint density at radius 3 is 2.33 bits per heavy atom. The van der Waals surface area contributed by atoms with Crippen LogP contribution in [0.15, 0.2) is 65.6 Å². The molecule has 0 atom stereocenters. The standard InChI is InChI=1S/C32H33ClN2O5S2/c1-4-16-39-28-12-10-24(19-26(28)33)23-9-11-27(40-17-15-34(2)3)25(18-23)20-29-30(36)35(32(41)42-29)14-13-21-5-7-22(8-6-21)31(37)38/h5-12,18-20H,4,13-17H2,1-3H3,(H,37,38). The number of aromatic carboxylic acids is 1. The molecule has 0 spiro atoms. The largest absolute Gasteiger partial charge is 0.492 e. The summed E-state index contributed by atoms with van der Waals surface area (Å²) in [7, 11) is 3.97. The van der Waals surface area contributed by atoms with Crippen molar-refractivity contribution >= 4 is 57.9 Å². The van der Waals surface area contributed by atoms with Crippen LogP contribution in [-0.4, -0.2) is 71.5 Å². The van der Waals surface area contributed by atoms with Crippen LogP contribution in [0.1, 0.15) is 34.8 Å². The van der Waals surface area contributed by atoms with Gasteiger partial charge in [-0.15, -0.1) is 0 Å². The van der Waals surface area contributed by atoms with Gasteiger partial charge in [-0.1, -0.05) is 66.8 Å². The Kier molecular flexibility index (Phi) is 11.0. The zero-order valence-electron chi connectivity index (χ0n) is 23.8. The number of hydrogen-bond donors (Lipinski definition) is 1. The van der Waals surface area contributed by atoms with Crippen molar-refractivity contribution in [1.82, 2.24) is 9.80 Å². The van der Waals surface area contributed by atoms with Gasteiger partial charge in [-0.2, -0.15) is 0 Å². The van der Waals surface area contributed by atoms with Gasteiger partial charge in [0.1, 0.15) is 22.4 Å². The van der Waals surface area contributed by atoms with Crippen LogP contribution < -0.4 is 9.47 Å². The first-order chi connectivity index (χ1) is 20.2. The summed E-state index contributed by atoms with van der Waals surface area (Å²) in [5, 5.41) is 9.66. The van der Waals surface area contributed by atoms with Crippen LogP contribution in [-0.2, 0) is 11.2 Å². The Hall–Kier alpha value is -3.37. The van der Waals surface area contributed by atoms with Gasteiger partial charge in [0.2, 0.25) is 0 Å². The van der Waals surface area contributed by atoms with Gasteiger partial charge >= 0.3 is 5.97 Å². The molecule has 0 unspecified atom stereocenters. The fourth-order valence-electron chi connectivity index (χ4n) is 4.21. The zero-order valence-corrected chi connectivity index (χ0v) is 26.2. The van der Waals surface area contributed by atoms with Gasteiger partial charge in [-0.05, 0) is 86.1 Å². The molecule has 42 heavy (non-hydrogen) atoms. The van der Waals surface area contributed by atoms with Gasteiger partial charge in [0, 0.05) is 18.7 Å². The van der Waals surface area contributed by atoms with E-state index in [0.29, 0.717) is 51.9 Å². The number of thiocarbonyl (C=S) groups is 1. The van der Waals surface area contributed by atoms with E-state index in [4.69, 9.17) is 38.4 Å². The molecule has 1 aliphatic heterocycles. The summed E-state index contributed by atoms with van der Waals surface area (Å²) >= 11 is 13.3. The van der Waals surface area contributed by atoms with Gasteiger partial charge in [-0.3, -0.25) is 9.69 Å².